The molecule has 0 aromatic heterocycles. The fourth-order valence-electron chi connectivity index (χ4n) is 2.99. The summed E-state index contributed by atoms with van der Waals surface area (Å²) in [6, 6.07) is 0. The molecule has 0 atom stereocenters. The average Bonchev–Trinajstić information content (AvgIpc) is 2.80. The summed E-state index contributed by atoms with van der Waals surface area (Å²) in [4.78, 5) is 44.0. The van der Waals surface area contributed by atoms with E-state index in [-0.39, 0.29) is 18.8 Å². The van der Waals surface area contributed by atoms with E-state index in [1.54, 1.807) is 0 Å². The number of ether oxygens (including phenoxy) is 2. The number of allylic oxidation sites excluding steroid dienone is 6. The van der Waals surface area contributed by atoms with Gasteiger partial charge in [0.1, 0.15) is 13.2 Å². The van der Waals surface area contributed by atoms with E-state index in [2.05, 4.69) is 26.0 Å². The Morgan fingerprint density at radius 3 is 1.59 bits per heavy atom. The van der Waals surface area contributed by atoms with Gasteiger partial charge in [0.05, 0.1) is 0 Å². The Balaban J connectivity index is 4.24. The Labute approximate surface area is 219 Å². The van der Waals surface area contributed by atoms with Gasteiger partial charge in [-0.05, 0) is 84.8 Å². The van der Waals surface area contributed by atoms with Crippen LogP contribution in [0.3, 0.4) is 0 Å². The number of carbonyl (C=O) groups is 4. The second-order valence-corrected chi connectivity index (χ2v) is 8.86. The maximum Gasteiger partial charge on any atom is 0.334 e. The zero-order valence-electron chi connectivity index (χ0n) is 22.5. The SMILES string of the molecule is CC(=CCCC(C)=CCOC(=O)C=CC(=O)O)CCC=C(C)CCC=C(C)COC(=O)C(C)=CC(=O)O. The van der Waals surface area contributed by atoms with Gasteiger partial charge < -0.3 is 19.7 Å². The summed E-state index contributed by atoms with van der Waals surface area (Å²) in [6.07, 6.45) is 16.2. The molecule has 0 rings (SSSR count). The molecule has 0 aliphatic heterocycles. The van der Waals surface area contributed by atoms with Crippen molar-refractivity contribution in [1.29, 1.82) is 0 Å². The van der Waals surface area contributed by atoms with E-state index in [1.807, 2.05) is 26.0 Å². The predicted octanol–water partition coefficient (Wildman–Crippen LogP) is 5.87. The fraction of sp³-hybridized carbons (Fsp3) is 0.448. The van der Waals surface area contributed by atoms with Gasteiger partial charge in [-0.2, -0.15) is 0 Å². The van der Waals surface area contributed by atoms with Gasteiger partial charge in [0.15, 0.2) is 0 Å². The quantitative estimate of drug-likeness (QED) is 0.140. The lowest BCUT2D eigenvalue weighted by atomic mass is 10.0. The molecule has 0 aliphatic rings. The molecule has 0 aliphatic carbocycles. The number of carboxylic acids is 2. The van der Waals surface area contributed by atoms with Crippen LogP contribution in [0.4, 0.5) is 0 Å². The van der Waals surface area contributed by atoms with Crippen molar-refractivity contribution in [2.24, 2.45) is 0 Å². The van der Waals surface area contributed by atoms with E-state index in [9.17, 15) is 19.2 Å². The van der Waals surface area contributed by atoms with Crippen molar-refractivity contribution in [3.05, 3.63) is 70.4 Å². The second kappa shape index (κ2) is 19.5. The number of esters is 2. The van der Waals surface area contributed by atoms with Gasteiger partial charge in [0.2, 0.25) is 0 Å². The van der Waals surface area contributed by atoms with Crippen molar-refractivity contribution in [1.82, 2.24) is 0 Å². The summed E-state index contributed by atoms with van der Waals surface area (Å²) in [6.45, 7) is 9.72. The summed E-state index contributed by atoms with van der Waals surface area (Å²) in [7, 11) is 0. The van der Waals surface area contributed by atoms with E-state index < -0.39 is 23.9 Å². The molecule has 0 radical (unpaired) electrons. The maximum absolute atomic E-state index is 11.7. The first-order chi connectivity index (χ1) is 17.4. The van der Waals surface area contributed by atoms with Crippen LogP contribution < -0.4 is 0 Å². The molecule has 8 nitrogen and oxygen atoms in total. The van der Waals surface area contributed by atoms with Crippen molar-refractivity contribution in [2.75, 3.05) is 13.2 Å². The lowest BCUT2D eigenvalue weighted by Gasteiger charge is -2.05. The molecule has 2 N–H and O–H groups in total. The fourth-order valence-corrected chi connectivity index (χ4v) is 2.99. The predicted molar refractivity (Wildman–Crippen MR) is 143 cm³/mol. The standard InChI is InChI=1S/C29H40O8/c1-21(11-7-13-23(3)17-18-36-28(34)16-15-26(30)31)9-6-10-22(2)12-8-14-24(4)20-37-29(35)25(5)19-27(32)33/h10-11,14-17,19H,6-9,12-13,18,20H2,1-5H3,(H,30,31)(H,32,33). The molecule has 8 heteroatoms. The summed E-state index contributed by atoms with van der Waals surface area (Å²) in [5.41, 5.74) is 4.68. The third-order valence-corrected chi connectivity index (χ3v) is 5.21. The molecule has 37 heavy (non-hydrogen) atoms. The summed E-state index contributed by atoms with van der Waals surface area (Å²) in [5.74, 6) is -3.68. The van der Waals surface area contributed by atoms with E-state index in [0.717, 1.165) is 67.9 Å². The highest BCUT2D eigenvalue weighted by molar-refractivity contribution is 5.95. The van der Waals surface area contributed by atoms with Gasteiger partial charge >= 0.3 is 23.9 Å². The summed E-state index contributed by atoms with van der Waals surface area (Å²) in [5, 5.41) is 17.1. The van der Waals surface area contributed by atoms with Crippen molar-refractivity contribution in [3.63, 3.8) is 0 Å². The highest BCUT2D eigenvalue weighted by Crippen LogP contribution is 2.14. The van der Waals surface area contributed by atoms with E-state index >= 15 is 0 Å². The Kier molecular flexibility index (Phi) is 17.6. The van der Waals surface area contributed by atoms with Gasteiger partial charge in [-0.1, -0.05) is 34.9 Å². The molecule has 0 saturated carbocycles. The maximum atomic E-state index is 11.7. The number of aliphatic carboxylic acids is 2. The average molecular weight is 517 g/mol. The number of hydrogen-bond acceptors (Lipinski definition) is 6. The Bertz CT molecular complexity index is 974. The summed E-state index contributed by atoms with van der Waals surface area (Å²) >= 11 is 0. The normalized spacial score (nSPS) is 13.6. The van der Waals surface area contributed by atoms with Crippen molar-refractivity contribution >= 4 is 23.9 Å². The lowest BCUT2D eigenvalue weighted by Crippen LogP contribution is -2.09. The van der Waals surface area contributed by atoms with Gasteiger partial charge in [0, 0.05) is 23.8 Å². The number of rotatable bonds is 17. The topological polar surface area (TPSA) is 127 Å². The van der Waals surface area contributed by atoms with E-state index in [1.165, 1.54) is 18.1 Å². The lowest BCUT2D eigenvalue weighted by molar-refractivity contribution is -0.139. The minimum atomic E-state index is -1.19. The first-order valence-corrected chi connectivity index (χ1v) is 12.2. The van der Waals surface area contributed by atoms with Crippen LogP contribution in [0.2, 0.25) is 0 Å². The number of carbonyl (C=O) groups excluding carboxylic acids is 2. The molecule has 0 aromatic carbocycles. The largest absolute Gasteiger partial charge is 0.478 e. The van der Waals surface area contributed by atoms with Crippen LogP contribution in [0.1, 0.15) is 73.1 Å². The highest BCUT2D eigenvalue weighted by atomic mass is 16.5. The Morgan fingerprint density at radius 2 is 1.11 bits per heavy atom. The molecular formula is C29H40O8. The molecule has 0 unspecified atom stereocenters. The first-order valence-electron chi connectivity index (χ1n) is 12.2. The van der Waals surface area contributed by atoms with Crippen LogP contribution in [0.5, 0.6) is 0 Å². The Hall–Kier alpha value is -3.68. The minimum absolute atomic E-state index is 0.0573. The molecule has 0 saturated heterocycles. The van der Waals surface area contributed by atoms with Gasteiger partial charge in [-0.25, -0.2) is 19.2 Å². The molecular weight excluding hydrogens is 476 g/mol. The van der Waals surface area contributed by atoms with Crippen LogP contribution in [-0.4, -0.2) is 47.3 Å². The molecule has 0 amide bonds. The van der Waals surface area contributed by atoms with E-state index in [4.69, 9.17) is 19.7 Å². The molecule has 0 bridgehead atoms. The van der Waals surface area contributed by atoms with Crippen LogP contribution in [-0.2, 0) is 28.7 Å². The third kappa shape index (κ3) is 20.2. The first kappa shape index (κ1) is 33.3. The second-order valence-electron chi connectivity index (χ2n) is 8.86. The smallest absolute Gasteiger partial charge is 0.334 e. The number of hydrogen-bond donors (Lipinski definition) is 2. The highest BCUT2D eigenvalue weighted by Gasteiger charge is 2.07. The molecule has 204 valence electrons. The summed E-state index contributed by atoms with van der Waals surface area (Å²) < 4.78 is 10.0. The molecule has 0 spiro atoms. The third-order valence-electron chi connectivity index (χ3n) is 5.21. The molecule has 0 aromatic rings. The molecule has 0 fully saturated rings. The monoisotopic (exact) mass is 516 g/mol. The van der Waals surface area contributed by atoms with Crippen LogP contribution in [0.25, 0.3) is 0 Å². The van der Waals surface area contributed by atoms with Gasteiger partial charge in [0.25, 0.3) is 0 Å². The van der Waals surface area contributed by atoms with Crippen molar-refractivity contribution in [3.8, 4) is 0 Å². The van der Waals surface area contributed by atoms with Crippen LogP contribution >= 0.6 is 0 Å². The van der Waals surface area contributed by atoms with Gasteiger partial charge in [-0.3, -0.25) is 0 Å². The molecule has 0 heterocycles. The zero-order chi connectivity index (χ0) is 28.2. The van der Waals surface area contributed by atoms with E-state index in [0.29, 0.717) is 0 Å². The minimum Gasteiger partial charge on any atom is -0.478 e. The Morgan fingerprint density at radius 1 is 0.622 bits per heavy atom. The number of carboxylic acid groups (broad SMARTS) is 2. The van der Waals surface area contributed by atoms with Crippen molar-refractivity contribution in [2.45, 2.75) is 73.1 Å². The van der Waals surface area contributed by atoms with Gasteiger partial charge in [-0.15, -0.1) is 0 Å². The van der Waals surface area contributed by atoms with Crippen molar-refractivity contribution < 1.29 is 38.9 Å². The zero-order valence-corrected chi connectivity index (χ0v) is 22.5. The van der Waals surface area contributed by atoms with Crippen LogP contribution in [0.15, 0.2) is 70.4 Å². The van der Waals surface area contributed by atoms with Crippen LogP contribution in [0, 0.1) is 0 Å².